The summed E-state index contributed by atoms with van der Waals surface area (Å²) in [4.78, 5) is 4.45. The second-order valence-electron chi connectivity index (χ2n) is 7.07. The molecule has 27 heavy (non-hydrogen) atoms. The highest BCUT2D eigenvalue weighted by atomic mass is 19.1. The zero-order valence-corrected chi connectivity index (χ0v) is 16.3. The molecule has 1 aliphatic heterocycles. The van der Waals surface area contributed by atoms with Gasteiger partial charge in [0.25, 0.3) is 0 Å². The molecule has 5 heteroatoms. The van der Waals surface area contributed by atoms with Crippen molar-refractivity contribution < 1.29 is 13.9 Å². The Bertz CT molecular complexity index is 732. The minimum atomic E-state index is -0.301. The number of piperidine rings is 1. The van der Waals surface area contributed by atoms with Crippen LogP contribution in [-0.2, 0) is 6.54 Å². The number of rotatable bonds is 8. The first-order valence-electron chi connectivity index (χ1n) is 9.64. The number of hydrogen-bond acceptors (Lipinski definition) is 4. The lowest BCUT2D eigenvalue weighted by Crippen LogP contribution is -2.33. The number of nitrogens with zero attached hydrogens (tertiary/aromatic N) is 2. The van der Waals surface area contributed by atoms with Crippen molar-refractivity contribution in [1.82, 2.24) is 4.90 Å². The molecule has 146 valence electrons. The largest absolute Gasteiger partial charge is 0.497 e. The molecule has 1 fully saturated rings. The monoisotopic (exact) mass is 372 g/mol. The summed E-state index contributed by atoms with van der Waals surface area (Å²) in [6.07, 6.45) is 3.82. The summed E-state index contributed by atoms with van der Waals surface area (Å²) in [6, 6.07) is 13.1. The normalized spacial score (nSPS) is 14.8. The molecule has 0 amide bonds. The van der Waals surface area contributed by atoms with E-state index in [2.05, 4.69) is 9.80 Å². The summed E-state index contributed by atoms with van der Waals surface area (Å²) in [5.74, 6) is 0.841. The van der Waals surface area contributed by atoms with Gasteiger partial charge in [-0.2, -0.15) is 0 Å². The summed E-state index contributed by atoms with van der Waals surface area (Å²) in [7, 11) is 3.63. The van der Waals surface area contributed by atoms with Crippen molar-refractivity contribution in [3.63, 3.8) is 0 Å². The van der Waals surface area contributed by atoms with Crippen LogP contribution in [0.25, 0.3) is 0 Å². The number of hydrogen-bond donors (Lipinski definition) is 0. The zero-order chi connectivity index (χ0) is 19.1. The van der Waals surface area contributed by atoms with E-state index < -0.39 is 0 Å². The van der Waals surface area contributed by atoms with Gasteiger partial charge in [-0.3, -0.25) is 4.90 Å². The van der Waals surface area contributed by atoms with Gasteiger partial charge < -0.3 is 14.4 Å². The van der Waals surface area contributed by atoms with Crippen LogP contribution in [0.3, 0.4) is 0 Å². The number of benzene rings is 2. The molecule has 2 aromatic carbocycles. The number of ether oxygens (including phenoxy) is 2. The lowest BCUT2D eigenvalue weighted by molar-refractivity contribution is 0.180. The van der Waals surface area contributed by atoms with Gasteiger partial charge in [-0.15, -0.1) is 0 Å². The van der Waals surface area contributed by atoms with Gasteiger partial charge in [0.05, 0.1) is 7.11 Å². The molecular weight excluding hydrogens is 343 g/mol. The molecule has 0 aliphatic carbocycles. The third-order valence-electron chi connectivity index (χ3n) is 5.02. The van der Waals surface area contributed by atoms with Crippen molar-refractivity contribution in [2.24, 2.45) is 0 Å². The molecule has 0 aromatic heterocycles. The Hall–Kier alpha value is -2.27. The zero-order valence-electron chi connectivity index (χ0n) is 16.3. The predicted molar refractivity (Wildman–Crippen MR) is 107 cm³/mol. The van der Waals surface area contributed by atoms with Crippen molar-refractivity contribution in [3.05, 3.63) is 53.8 Å². The lowest BCUT2D eigenvalue weighted by Gasteiger charge is -2.26. The lowest BCUT2D eigenvalue weighted by atomic mass is 10.1. The molecule has 3 rings (SSSR count). The van der Waals surface area contributed by atoms with Crippen molar-refractivity contribution in [2.75, 3.05) is 45.3 Å². The maximum absolute atomic E-state index is 14.4. The van der Waals surface area contributed by atoms with Gasteiger partial charge in [0.1, 0.15) is 12.4 Å². The highest BCUT2D eigenvalue weighted by Crippen LogP contribution is 2.23. The second kappa shape index (κ2) is 9.60. The number of halogens is 1. The average Bonchev–Trinajstić information content (AvgIpc) is 2.70. The average molecular weight is 372 g/mol. The van der Waals surface area contributed by atoms with E-state index in [1.807, 2.05) is 37.4 Å². The predicted octanol–water partition coefficient (Wildman–Crippen LogP) is 4.34. The number of anilines is 1. The van der Waals surface area contributed by atoms with E-state index in [1.54, 1.807) is 19.2 Å². The smallest absolute Gasteiger partial charge is 0.165 e. The maximum Gasteiger partial charge on any atom is 0.165 e. The fourth-order valence-electron chi connectivity index (χ4n) is 3.44. The first kappa shape index (κ1) is 19.5. The first-order chi connectivity index (χ1) is 13.2. The topological polar surface area (TPSA) is 24.9 Å². The Morgan fingerprint density at radius 2 is 1.89 bits per heavy atom. The third-order valence-corrected chi connectivity index (χ3v) is 5.02. The van der Waals surface area contributed by atoms with E-state index in [0.29, 0.717) is 18.9 Å². The summed E-state index contributed by atoms with van der Waals surface area (Å²) >= 11 is 0. The number of likely N-dealkylation sites (tertiary alicyclic amines) is 1. The van der Waals surface area contributed by atoms with Crippen LogP contribution in [0.1, 0.15) is 24.8 Å². The van der Waals surface area contributed by atoms with E-state index >= 15 is 0 Å². The maximum atomic E-state index is 14.4. The van der Waals surface area contributed by atoms with E-state index in [0.717, 1.165) is 36.6 Å². The van der Waals surface area contributed by atoms with Crippen LogP contribution in [0.2, 0.25) is 0 Å². The van der Waals surface area contributed by atoms with Gasteiger partial charge in [0, 0.05) is 31.9 Å². The van der Waals surface area contributed by atoms with Crippen molar-refractivity contribution in [1.29, 1.82) is 0 Å². The molecule has 0 radical (unpaired) electrons. The van der Waals surface area contributed by atoms with Crippen LogP contribution in [0, 0.1) is 5.82 Å². The third kappa shape index (κ3) is 5.60. The van der Waals surface area contributed by atoms with Gasteiger partial charge in [-0.1, -0.05) is 18.6 Å². The summed E-state index contributed by atoms with van der Waals surface area (Å²) in [6.45, 7) is 4.25. The molecule has 2 aromatic rings. The first-order valence-corrected chi connectivity index (χ1v) is 9.64. The molecule has 0 saturated carbocycles. The van der Waals surface area contributed by atoms with Crippen LogP contribution in [0.5, 0.6) is 11.5 Å². The van der Waals surface area contributed by atoms with Crippen LogP contribution in [-0.4, -0.2) is 45.3 Å². The van der Waals surface area contributed by atoms with E-state index in [-0.39, 0.29) is 5.82 Å². The molecule has 1 saturated heterocycles. The second-order valence-corrected chi connectivity index (χ2v) is 7.07. The standard InChI is InChI=1S/C22H29FN2O2/c1-24(19-7-6-8-20(16-19)26-2)17-18-9-10-22(21(23)15-18)27-14-13-25-11-4-3-5-12-25/h6-10,15-16H,3-5,11-14,17H2,1-2H3. The van der Waals surface area contributed by atoms with Crippen LogP contribution < -0.4 is 14.4 Å². The van der Waals surface area contributed by atoms with E-state index in [1.165, 1.54) is 19.3 Å². The minimum absolute atomic E-state index is 0.301. The van der Waals surface area contributed by atoms with Gasteiger partial charge >= 0.3 is 0 Å². The number of methoxy groups -OCH3 is 1. The molecule has 0 spiro atoms. The molecule has 0 atom stereocenters. The Morgan fingerprint density at radius 3 is 2.63 bits per heavy atom. The van der Waals surface area contributed by atoms with E-state index in [4.69, 9.17) is 9.47 Å². The molecule has 0 N–H and O–H groups in total. The highest BCUT2D eigenvalue weighted by Gasteiger charge is 2.11. The SMILES string of the molecule is COc1cccc(N(C)Cc2ccc(OCCN3CCCCC3)c(F)c2)c1. The van der Waals surface area contributed by atoms with Crippen molar-refractivity contribution in [2.45, 2.75) is 25.8 Å². The molecule has 4 nitrogen and oxygen atoms in total. The summed E-state index contributed by atoms with van der Waals surface area (Å²) < 4.78 is 25.3. The Balaban J connectivity index is 1.53. The van der Waals surface area contributed by atoms with Crippen LogP contribution in [0.4, 0.5) is 10.1 Å². The molecule has 1 heterocycles. The quantitative estimate of drug-likeness (QED) is 0.688. The van der Waals surface area contributed by atoms with Gasteiger partial charge in [0.15, 0.2) is 11.6 Å². The fourth-order valence-corrected chi connectivity index (χ4v) is 3.44. The van der Waals surface area contributed by atoms with E-state index in [9.17, 15) is 4.39 Å². The molecule has 0 unspecified atom stereocenters. The van der Waals surface area contributed by atoms with Gasteiger partial charge in [-0.25, -0.2) is 4.39 Å². The van der Waals surface area contributed by atoms with Gasteiger partial charge in [-0.05, 0) is 55.8 Å². The molecule has 1 aliphatic rings. The summed E-state index contributed by atoms with van der Waals surface area (Å²) in [5, 5.41) is 0. The van der Waals surface area contributed by atoms with Crippen molar-refractivity contribution >= 4 is 5.69 Å². The van der Waals surface area contributed by atoms with Gasteiger partial charge in [0.2, 0.25) is 0 Å². The Labute approximate surface area is 161 Å². The minimum Gasteiger partial charge on any atom is -0.497 e. The fraction of sp³-hybridized carbons (Fsp3) is 0.455. The Kier molecular flexibility index (Phi) is 6.93. The molecule has 0 bridgehead atoms. The molecular formula is C22H29FN2O2. The van der Waals surface area contributed by atoms with Crippen molar-refractivity contribution in [3.8, 4) is 11.5 Å². The Morgan fingerprint density at radius 1 is 1.07 bits per heavy atom. The highest BCUT2D eigenvalue weighted by molar-refractivity contribution is 5.50. The summed E-state index contributed by atoms with van der Waals surface area (Å²) in [5.41, 5.74) is 1.93. The van der Waals surface area contributed by atoms with Crippen LogP contribution in [0.15, 0.2) is 42.5 Å². The van der Waals surface area contributed by atoms with Crippen LogP contribution >= 0.6 is 0 Å².